The number of aliphatic imine (C=N–C) groups is 1. The first-order valence-corrected chi connectivity index (χ1v) is 9.73. The van der Waals surface area contributed by atoms with Gasteiger partial charge < -0.3 is 20.9 Å². The summed E-state index contributed by atoms with van der Waals surface area (Å²) in [5, 5.41) is 9.29. The van der Waals surface area contributed by atoms with Crippen LogP contribution in [0.5, 0.6) is 0 Å². The van der Waals surface area contributed by atoms with E-state index in [-0.39, 0.29) is 5.91 Å². The van der Waals surface area contributed by atoms with E-state index >= 15 is 0 Å². The number of carbonyl (C=O) groups is 1. The molecule has 2 aromatic rings. The molecular weight excluding hydrogens is 350 g/mol. The van der Waals surface area contributed by atoms with E-state index in [1.54, 1.807) is 14.1 Å². The van der Waals surface area contributed by atoms with Gasteiger partial charge in [0.05, 0.1) is 0 Å². The van der Waals surface area contributed by atoms with Crippen molar-refractivity contribution in [3.63, 3.8) is 0 Å². The summed E-state index contributed by atoms with van der Waals surface area (Å²) in [5.74, 6) is 0.677. The smallest absolute Gasteiger partial charge is 0.251 e. The lowest BCUT2D eigenvalue weighted by Gasteiger charge is -2.23. The summed E-state index contributed by atoms with van der Waals surface area (Å²) >= 11 is 0. The standard InChI is InChI=1S/C22H31N5O/c1-4-27(20-12-6-5-7-13-20)15-9-14-25-22(24-3)26-17-18-10-8-11-19(16-18)21(28)23-2/h5-8,10-13,16H,4,9,14-15,17H2,1-3H3,(H,23,28)(H2,24,25,26). The van der Waals surface area contributed by atoms with Crippen LogP contribution in [0.15, 0.2) is 59.6 Å². The molecule has 28 heavy (non-hydrogen) atoms. The van der Waals surface area contributed by atoms with Gasteiger partial charge in [0, 0.05) is 51.5 Å². The SMILES string of the molecule is CCN(CCCNC(=NC)NCc1cccc(C(=O)NC)c1)c1ccccc1. The van der Waals surface area contributed by atoms with Crippen LogP contribution in [0.25, 0.3) is 0 Å². The molecule has 1 amide bonds. The second kappa shape index (κ2) is 11.6. The lowest BCUT2D eigenvalue weighted by molar-refractivity contribution is 0.0963. The molecule has 2 aromatic carbocycles. The zero-order valence-corrected chi connectivity index (χ0v) is 17.0. The summed E-state index contributed by atoms with van der Waals surface area (Å²) in [7, 11) is 3.40. The topological polar surface area (TPSA) is 68.8 Å². The first-order valence-electron chi connectivity index (χ1n) is 9.73. The highest BCUT2D eigenvalue weighted by Crippen LogP contribution is 2.12. The molecule has 6 heteroatoms. The molecule has 0 aliphatic heterocycles. The summed E-state index contributed by atoms with van der Waals surface area (Å²) in [4.78, 5) is 18.4. The molecule has 0 aromatic heterocycles. The number of rotatable bonds is 9. The molecule has 3 N–H and O–H groups in total. The Hall–Kier alpha value is -3.02. The number of guanidine groups is 1. The lowest BCUT2D eigenvalue weighted by Crippen LogP contribution is -2.38. The van der Waals surface area contributed by atoms with Crippen LogP contribution < -0.4 is 20.9 Å². The zero-order chi connectivity index (χ0) is 20.2. The third-order valence-corrected chi connectivity index (χ3v) is 4.50. The second-order valence-corrected chi connectivity index (χ2v) is 6.40. The van der Waals surface area contributed by atoms with Crippen LogP contribution >= 0.6 is 0 Å². The van der Waals surface area contributed by atoms with Crippen LogP contribution in [0, 0.1) is 0 Å². The van der Waals surface area contributed by atoms with Crippen LogP contribution in [0.4, 0.5) is 5.69 Å². The predicted octanol–water partition coefficient (Wildman–Crippen LogP) is 2.63. The summed E-state index contributed by atoms with van der Waals surface area (Å²) in [6.07, 6.45) is 1.01. The maximum absolute atomic E-state index is 11.7. The van der Waals surface area contributed by atoms with Gasteiger partial charge in [0.25, 0.3) is 5.91 Å². The third kappa shape index (κ3) is 6.61. The minimum absolute atomic E-state index is 0.0803. The van der Waals surface area contributed by atoms with Crippen LogP contribution in [0.2, 0.25) is 0 Å². The van der Waals surface area contributed by atoms with Crippen LogP contribution in [0.3, 0.4) is 0 Å². The van der Waals surface area contributed by atoms with Crippen LogP contribution in [-0.4, -0.2) is 45.6 Å². The van der Waals surface area contributed by atoms with Gasteiger partial charge in [-0.15, -0.1) is 0 Å². The highest BCUT2D eigenvalue weighted by atomic mass is 16.1. The minimum Gasteiger partial charge on any atom is -0.372 e. The van der Waals surface area contributed by atoms with Crippen molar-refractivity contribution in [3.05, 3.63) is 65.7 Å². The molecule has 0 saturated carbocycles. The van der Waals surface area contributed by atoms with Crippen molar-refractivity contribution in [1.29, 1.82) is 0 Å². The van der Waals surface area contributed by atoms with Gasteiger partial charge in [0.1, 0.15) is 0 Å². The van der Waals surface area contributed by atoms with Crippen molar-refractivity contribution < 1.29 is 4.79 Å². The number of para-hydroxylation sites is 1. The van der Waals surface area contributed by atoms with Gasteiger partial charge in [-0.25, -0.2) is 0 Å². The summed E-state index contributed by atoms with van der Waals surface area (Å²) < 4.78 is 0. The average Bonchev–Trinajstić information content (AvgIpc) is 2.76. The monoisotopic (exact) mass is 381 g/mol. The first kappa shape index (κ1) is 21.3. The van der Waals surface area contributed by atoms with Gasteiger partial charge in [-0.1, -0.05) is 30.3 Å². The van der Waals surface area contributed by atoms with E-state index in [9.17, 15) is 4.79 Å². The Kier molecular flexibility index (Phi) is 8.85. The highest BCUT2D eigenvalue weighted by Gasteiger charge is 2.05. The first-order chi connectivity index (χ1) is 13.7. The summed E-state index contributed by atoms with van der Waals surface area (Å²) in [6.45, 7) is 5.59. The van der Waals surface area contributed by atoms with Crippen LogP contribution in [-0.2, 0) is 6.54 Å². The van der Waals surface area contributed by atoms with E-state index in [1.807, 2.05) is 30.3 Å². The van der Waals surface area contributed by atoms with Crippen molar-refractivity contribution >= 4 is 17.6 Å². The van der Waals surface area contributed by atoms with E-state index < -0.39 is 0 Å². The zero-order valence-electron chi connectivity index (χ0n) is 17.0. The van der Waals surface area contributed by atoms with E-state index in [0.717, 1.165) is 37.6 Å². The number of benzene rings is 2. The molecular formula is C22H31N5O. The quantitative estimate of drug-likeness (QED) is 0.355. The number of carbonyl (C=O) groups excluding carboxylic acids is 1. The predicted molar refractivity (Wildman–Crippen MR) is 117 cm³/mol. The number of anilines is 1. The normalized spacial score (nSPS) is 11.0. The van der Waals surface area contributed by atoms with Gasteiger partial charge in [-0.2, -0.15) is 0 Å². The Morgan fingerprint density at radius 3 is 2.54 bits per heavy atom. The van der Waals surface area contributed by atoms with Gasteiger partial charge in [0.15, 0.2) is 5.96 Å². The Labute approximate surface area is 168 Å². The molecule has 0 aliphatic rings. The van der Waals surface area contributed by atoms with Crippen molar-refractivity contribution in [1.82, 2.24) is 16.0 Å². The minimum atomic E-state index is -0.0803. The van der Waals surface area contributed by atoms with E-state index in [1.165, 1.54) is 5.69 Å². The fraction of sp³-hybridized carbons (Fsp3) is 0.364. The Morgan fingerprint density at radius 1 is 1.07 bits per heavy atom. The van der Waals surface area contributed by atoms with Crippen molar-refractivity contribution in [3.8, 4) is 0 Å². The number of nitrogens with zero attached hydrogens (tertiary/aromatic N) is 2. The van der Waals surface area contributed by atoms with Gasteiger partial charge >= 0.3 is 0 Å². The molecule has 0 atom stereocenters. The molecule has 150 valence electrons. The number of amides is 1. The number of hydrogen-bond acceptors (Lipinski definition) is 3. The molecule has 6 nitrogen and oxygen atoms in total. The largest absolute Gasteiger partial charge is 0.372 e. The molecule has 0 spiro atoms. The lowest BCUT2D eigenvalue weighted by atomic mass is 10.1. The van der Waals surface area contributed by atoms with Crippen LogP contribution in [0.1, 0.15) is 29.3 Å². The molecule has 2 rings (SSSR count). The molecule has 0 heterocycles. The van der Waals surface area contributed by atoms with Crippen molar-refractivity contribution in [2.75, 3.05) is 38.6 Å². The Bertz CT molecular complexity index is 761. The summed E-state index contributed by atoms with van der Waals surface area (Å²) in [6, 6.07) is 18.0. The highest BCUT2D eigenvalue weighted by molar-refractivity contribution is 5.94. The van der Waals surface area contributed by atoms with E-state index in [4.69, 9.17) is 0 Å². The average molecular weight is 382 g/mol. The summed E-state index contributed by atoms with van der Waals surface area (Å²) in [5.41, 5.74) is 2.94. The Morgan fingerprint density at radius 2 is 1.86 bits per heavy atom. The second-order valence-electron chi connectivity index (χ2n) is 6.40. The van der Waals surface area contributed by atoms with Gasteiger partial charge in [-0.05, 0) is 43.2 Å². The van der Waals surface area contributed by atoms with E-state index in [0.29, 0.717) is 12.1 Å². The number of nitrogens with one attached hydrogen (secondary N) is 3. The number of hydrogen-bond donors (Lipinski definition) is 3. The van der Waals surface area contributed by atoms with Crippen molar-refractivity contribution in [2.24, 2.45) is 4.99 Å². The molecule has 0 fully saturated rings. The maximum atomic E-state index is 11.7. The molecule has 0 aliphatic carbocycles. The van der Waals surface area contributed by atoms with Crippen molar-refractivity contribution in [2.45, 2.75) is 19.9 Å². The fourth-order valence-corrected chi connectivity index (χ4v) is 2.96. The maximum Gasteiger partial charge on any atom is 0.251 e. The molecule has 0 bridgehead atoms. The molecule has 0 saturated heterocycles. The van der Waals surface area contributed by atoms with E-state index in [2.05, 4.69) is 57.0 Å². The van der Waals surface area contributed by atoms with Gasteiger partial charge in [0.2, 0.25) is 0 Å². The molecule has 0 radical (unpaired) electrons. The Balaban J connectivity index is 1.76. The molecule has 0 unspecified atom stereocenters. The third-order valence-electron chi connectivity index (χ3n) is 4.50. The fourth-order valence-electron chi connectivity index (χ4n) is 2.96. The van der Waals surface area contributed by atoms with Gasteiger partial charge in [-0.3, -0.25) is 9.79 Å².